The summed E-state index contributed by atoms with van der Waals surface area (Å²) in [6.45, 7) is 0.0934. The molecule has 2 N–H and O–H groups in total. The van der Waals surface area contributed by atoms with E-state index in [4.69, 9.17) is 21.5 Å². The highest BCUT2D eigenvalue weighted by atomic mass is 35.5. The molecule has 1 heterocycles. The largest absolute Gasteiger partial charge is 0.457 e. The van der Waals surface area contributed by atoms with Gasteiger partial charge in [0, 0.05) is 10.3 Å². The average molecular weight is 382 g/mol. The summed E-state index contributed by atoms with van der Waals surface area (Å²) in [5.74, 6) is -0.646. The smallest absolute Gasteiger partial charge is 0.338 e. The molecule has 1 aromatic heterocycles. The zero-order chi connectivity index (χ0) is 17.3. The van der Waals surface area contributed by atoms with E-state index >= 15 is 0 Å². The van der Waals surface area contributed by atoms with Crippen LogP contribution in [-0.2, 0) is 21.4 Å². The Bertz CT molecular complexity index is 1030. The molecule has 0 aliphatic rings. The fourth-order valence-electron chi connectivity index (χ4n) is 2.22. The van der Waals surface area contributed by atoms with E-state index in [1.165, 1.54) is 12.1 Å². The van der Waals surface area contributed by atoms with Crippen LogP contribution in [-0.4, -0.2) is 14.4 Å². The van der Waals surface area contributed by atoms with Crippen LogP contribution < -0.4 is 5.14 Å². The number of nitrogens with two attached hydrogens (primary N) is 1. The lowest BCUT2D eigenvalue weighted by molar-refractivity contribution is 0.0474. The third-order valence-corrected chi connectivity index (χ3v) is 5.80. The van der Waals surface area contributed by atoms with Gasteiger partial charge in [0.25, 0.3) is 0 Å². The van der Waals surface area contributed by atoms with Crippen molar-refractivity contribution in [2.24, 2.45) is 5.14 Å². The number of carbonyl (C=O) groups is 1. The number of thiophene rings is 1. The molecular formula is C16H12ClNO4S2. The maximum absolute atomic E-state index is 12.2. The number of rotatable bonds is 4. The molecule has 0 bridgehead atoms. The van der Waals surface area contributed by atoms with Gasteiger partial charge >= 0.3 is 5.97 Å². The lowest BCUT2D eigenvalue weighted by Crippen LogP contribution is -2.14. The fourth-order valence-corrected chi connectivity index (χ4v) is 4.24. The van der Waals surface area contributed by atoms with Crippen molar-refractivity contribution in [1.82, 2.24) is 0 Å². The number of ether oxygens (including phenoxy) is 1. The van der Waals surface area contributed by atoms with Crippen molar-refractivity contribution in [3.05, 3.63) is 64.0 Å². The highest BCUT2D eigenvalue weighted by molar-refractivity contribution is 7.89. The van der Waals surface area contributed by atoms with Gasteiger partial charge in [-0.05, 0) is 35.0 Å². The number of benzene rings is 2. The minimum Gasteiger partial charge on any atom is -0.457 e. The Morgan fingerprint density at radius 1 is 1.21 bits per heavy atom. The van der Waals surface area contributed by atoms with Crippen molar-refractivity contribution < 1.29 is 17.9 Å². The van der Waals surface area contributed by atoms with Crippen LogP contribution in [0.3, 0.4) is 0 Å². The van der Waals surface area contributed by atoms with Crippen LogP contribution >= 0.6 is 22.9 Å². The van der Waals surface area contributed by atoms with Crippen LogP contribution in [0.4, 0.5) is 0 Å². The maximum Gasteiger partial charge on any atom is 0.338 e. The Labute approximate surface area is 147 Å². The normalized spacial score (nSPS) is 11.6. The predicted octanol–water partition coefficient (Wildman–Crippen LogP) is 3.56. The van der Waals surface area contributed by atoms with Gasteiger partial charge in [-0.1, -0.05) is 29.8 Å². The first kappa shape index (κ1) is 16.9. The summed E-state index contributed by atoms with van der Waals surface area (Å²) in [6.07, 6.45) is 0. The van der Waals surface area contributed by atoms with E-state index in [1.54, 1.807) is 11.3 Å². The van der Waals surface area contributed by atoms with Crippen LogP contribution in [0.25, 0.3) is 10.1 Å². The van der Waals surface area contributed by atoms with Gasteiger partial charge in [-0.3, -0.25) is 0 Å². The minimum absolute atomic E-state index is 0.0436. The minimum atomic E-state index is -4.01. The summed E-state index contributed by atoms with van der Waals surface area (Å²) in [7, 11) is -4.01. The van der Waals surface area contributed by atoms with Gasteiger partial charge in [-0.25, -0.2) is 18.4 Å². The van der Waals surface area contributed by atoms with Gasteiger partial charge in [0.05, 0.1) is 10.6 Å². The Balaban J connectivity index is 1.81. The third-order valence-electron chi connectivity index (χ3n) is 3.39. The summed E-state index contributed by atoms with van der Waals surface area (Å²) in [6, 6.07) is 11.6. The molecule has 0 spiro atoms. The summed E-state index contributed by atoms with van der Waals surface area (Å²) in [5, 5.41) is 7.98. The molecule has 24 heavy (non-hydrogen) atoms. The lowest BCUT2D eigenvalue weighted by Gasteiger charge is -2.07. The number of carbonyl (C=O) groups excluding carboxylic acids is 1. The van der Waals surface area contributed by atoms with Gasteiger partial charge in [0.1, 0.15) is 11.5 Å². The molecule has 124 valence electrons. The Morgan fingerprint density at radius 3 is 2.71 bits per heavy atom. The quantitative estimate of drug-likeness (QED) is 0.700. The van der Waals surface area contributed by atoms with E-state index in [9.17, 15) is 13.2 Å². The summed E-state index contributed by atoms with van der Waals surface area (Å²) in [5.41, 5.74) is 0.965. The van der Waals surface area contributed by atoms with E-state index in [0.29, 0.717) is 0 Å². The molecule has 0 saturated heterocycles. The molecule has 0 amide bonds. The van der Waals surface area contributed by atoms with Gasteiger partial charge in [0.2, 0.25) is 10.0 Å². The molecule has 2 aromatic carbocycles. The van der Waals surface area contributed by atoms with Crippen LogP contribution in [0, 0.1) is 0 Å². The van der Waals surface area contributed by atoms with E-state index in [0.717, 1.165) is 21.7 Å². The van der Waals surface area contributed by atoms with Crippen molar-refractivity contribution in [2.75, 3.05) is 0 Å². The third kappa shape index (κ3) is 3.44. The van der Waals surface area contributed by atoms with Gasteiger partial charge < -0.3 is 4.74 Å². The predicted molar refractivity (Wildman–Crippen MR) is 93.8 cm³/mol. The Morgan fingerprint density at radius 2 is 1.96 bits per heavy atom. The monoisotopic (exact) mass is 381 g/mol. The number of fused-ring (bicyclic) bond motifs is 1. The molecule has 0 saturated carbocycles. The highest BCUT2D eigenvalue weighted by Crippen LogP contribution is 2.27. The van der Waals surface area contributed by atoms with Crippen molar-refractivity contribution >= 4 is 49.0 Å². The van der Waals surface area contributed by atoms with Crippen LogP contribution in [0.2, 0.25) is 5.02 Å². The topological polar surface area (TPSA) is 86.5 Å². The molecule has 3 rings (SSSR count). The summed E-state index contributed by atoms with van der Waals surface area (Å²) in [4.78, 5) is 11.9. The second kappa shape index (κ2) is 6.52. The molecule has 0 aliphatic heterocycles. The van der Waals surface area contributed by atoms with Crippen molar-refractivity contribution in [2.45, 2.75) is 11.5 Å². The van der Waals surface area contributed by atoms with Gasteiger partial charge in [-0.15, -0.1) is 11.3 Å². The molecular weight excluding hydrogens is 370 g/mol. The number of esters is 1. The molecule has 8 heteroatoms. The maximum atomic E-state index is 12.2. The molecule has 0 aliphatic carbocycles. The van der Waals surface area contributed by atoms with E-state index in [-0.39, 0.29) is 22.1 Å². The van der Waals surface area contributed by atoms with Crippen LogP contribution in [0.5, 0.6) is 0 Å². The summed E-state index contributed by atoms with van der Waals surface area (Å²) < 4.78 is 29.3. The zero-order valence-corrected chi connectivity index (χ0v) is 14.6. The first-order valence-electron chi connectivity index (χ1n) is 6.81. The second-order valence-electron chi connectivity index (χ2n) is 5.02. The second-order valence-corrected chi connectivity index (χ2v) is 7.87. The Kier molecular flexibility index (Phi) is 4.60. The van der Waals surface area contributed by atoms with Crippen molar-refractivity contribution in [3.63, 3.8) is 0 Å². The number of halogens is 1. The molecule has 0 atom stereocenters. The van der Waals surface area contributed by atoms with E-state index in [2.05, 4.69) is 0 Å². The first-order valence-corrected chi connectivity index (χ1v) is 9.61. The first-order chi connectivity index (χ1) is 11.4. The van der Waals surface area contributed by atoms with E-state index in [1.807, 2.05) is 29.6 Å². The van der Waals surface area contributed by atoms with Gasteiger partial charge in [-0.2, -0.15) is 0 Å². The van der Waals surface area contributed by atoms with Crippen molar-refractivity contribution in [1.29, 1.82) is 0 Å². The molecule has 0 unspecified atom stereocenters. The zero-order valence-electron chi connectivity index (χ0n) is 12.2. The lowest BCUT2D eigenvalue weighted by atomic mass is 10.2. The number of sulfonamides is 1. The summed E-state index contributed by atoms with van der Waals surface area (Å²) >= 11 is 7.36. The standard InChI is InChI=1S/C16H12ClNO4S2/c17-13-6-5-10(7-15(13)24(18,20)21)16(19)22-8-11-9-23-14-4-2-1-3-12(11)14/h1-7,9H,8H2,(H2,18,20,21). The number of hydrogen-bond acceptors (Lipinski definition) is 5. The van der Waals surface area contributed by atoms with E-state index < -0.39 is 16.0 Å². The highest BCUT2D eigenvalue weighted by Gasteiger charge is 2.17. The Hall–Kier alpha value is -1.93. The van der Waals surface area contributed by atoms with Crippen LogP contribution in [0.1, 0.15) is 15.9 Å². The molecule has 0 radical (unpaired) electrons. The SMILES string of the molecule is NS(=O)(=O)c1cc(C(=O)OCc2csc3ccccc23)ccc1Cl. The fraction of sp³-hybridized carbons (Fsp3) is 0.0625. The van der Waals surface area contributed by atoms with Crippen molar-refractivity contribution in [3.8, 4) is 0 Å². The van der Waals surface area contributed by atoms with Gasteiger partial charge in [0.15, 0.2) is 0 Å². The number of primary sulfonamides is 1. The molecule has 0 fully saturated rings. The molecule has 5 nitrogen and oxygen atoms in total. The number of hydrogen-bond donors (Lipinski definition) is 1. The average Bonchev–Trinajstić information content (AvgIpc) is 2.95. The van der Waals surface area contributed by atoms with Crippen LogP contribution in [0.15, 0.2) is 52.7 Å². The molecule has 3 aromatic rings.